The molecule has 0 saturated heterocycles. The highest BCUT2D eigenvalue weighted by molar-refractivity contribution is 7.89. The van der Waals surface area contributed by atoms with Crippen LogP contribution in [0.15, 0.2) is 41.3 Å². The lowest BCUT2D eigenvalue weighted by Gasteiger charge is -2.26. The zero-order chi connectivity index (χ0) is 17.3. The summed E-state index contributed by atoms with van der Waals surface area (Å²) in [6.45, 7) is 1.73. The standard InChI is InChI=1S/C18H19N3O2S.ClH/c1-12-9-16(7-5-14(12)11-19)24(22,23)21-18-4-2-3-13-10-15(20)6-8-17(13)18;/h5-10,18,21H,2-4,20H2,1H3;1H. The van der Waals surface area contributed by atoms with Gasteiger partial charge < -0.3 is 5.73 Å². The van der Waals surface area contributed by atoms with E-state index in [0.717, 1.165) is 30.4 Å². The summed E-state index contributed by atoms with van der Waals surface area (Å²) in [6, 6.07) is 12.0. The van der Waals surface area contributed by atoms with Gasteiger partial charge in [-0.25, -0.2) is 13.1 Å². The third-order valence-corrected chi connectivity index (χ3v) is 5.88. The van der Waals surface area contributed by atoms with Crippen molar-refractivity contribution < 1.29 is 8.42 Å². The molecule has 1 unspecified atom stereocenters. The highest BCUT2D eigenvalue weighted by Crippen LogP contribution is 2.32. The molecular weight excluding hydrogens is 358 g/mol. The smallest absolute Gasteiger partial charge is 0.241 e. The van der Waals surface area contributed by atoms with E-state index in [4.69, 9.17) is 11.0 Å². The molecule has 2 aromatic rings. The summed E-state index contributed by atoms with van der Waals surface area (Å²) in [7, 11) is -3.65. The van der Waals surface area contributed by atoms with Crippen LogP contribution in [-0.4, -0.2) is 8.42 Å². The number of nitrogen functional groups attached to an aromatic ring is 1. The number of sulfonamides is 1. The minimum absolute atomic E-state index is 0. The first-order valence-electron chi connectivity index (χ1n) is 7.82. The number of fused-ring (bicyclic) bond motifs is 1. The summed E-state index contributed by atoms with van der Waals surface area (Å²) in [4.78, 5) is 0.182. The molecule has 3 rings (SSSR count). The lowest BCUT2D eigenvalue weighted by molar-refractivity contribution is 0.507. The highest BCUT2D eigenvalue weighted by Gasteiger charge is 2.26. The van der Waals surface area contributed by atoms with E-state index in [1.807, 2.05) is 18.2 Å². The molecule has 0 amide bonds. The number of nitriles is 1. The number of rotatable bonds is 3. The van der Waals surface area contributed by atoms with Crippen LogP contribution in [0.4, 0.5) is 5.69 Å². The SMILES string of the molecule is Cc1cc(S(=O)(=O)NC2CCCc3cc(N)ccc32)ccc1C#N.Cl. The predicted octanol–water partition coefficient (Wildman–Crippen LogP) is 3.23. The molecule has 0 bridgehead atoms. The molecule has 3 N–H and O–H groups in total. The summed E-state index contributed by atoms with van der Waals surface area (Å²) >= 11 is 0. The minimum Gasteiger partial charge on any atom is -0.399 e. The molecule has 1 atom stereocenters. The van der Waals surface area contributed by atoms with Crippen molar-refractivity contribution in [1.29, 1.82) is 5.26 Å². The van der Waals surface area contributed by atoms with E-state index in [9.17, 15) is 8.42 Å². The van der Waals surface area contributed by atoms with Gasteiger partial charge in [0.2, 0.25) is 10.0 Å². The summed E-state index contributed by atoms with van der Waals surface area (Å²) in [5, 5.41) is 8.98. The Bertz CT molecular complexity index is 936. The van der Waals surface area contributed by atoms with Crippen LogP contribution in [0.1, 0.15) is 41.1 Å². The molecular formula is C18H20ClN3O2S. The monoisotopic (exact) mass is 377 g/mol. The molecule has 1 aliphatic rings. The number of nitrogens with zero attached hydrogens (tertiary/aromatic N) is 1. The fraction of sp³-hybridized carbons (Fsp3) is 0.278. The van der Waals surface area contributed by atoms with E-state index < -0.39 is 10.0 Å². The van der Waals surface area contributed by atoms with Gasteiger partial charge >= 0.3 is 0 Å². The highest BCUT2D eigenvalue weighted by atomic mass is 35.5. The van der Waals surface area contributed by atoms with Crippen molar-refractivity contribution in [1.82, 2.24) is 4.72 Å². The van der Waals surface area contributed by atoms with Crippen molar-refractivity contribution in [2.24, 2.45) is 0 Å². The normalized spacial score (nSPS) is 16.4. The Morgan fingerprint density at radius 2 is 2.00 bits per heavy atom. The van der Waals surface area contributed by atoms with Crippen LogP contribution in [0.2, 0.25) is 0 Å². The Kier molecular flexibility index (Phi) is 5.73. The van der Waals surface area contributed by atoms with Gasteiger partial charge in [-0.3, -0.25) is 0 Å². The first kappa shape index (κ1) is 19.3. The molecule has 0 aromatic heterocycles. The fourth-order valence-corrected chi connectivity index (χ4v) is 4.48. The summed E-state index contributed by atoms with van der Waals surface area (Å²) < 4.78 is 28.2. The minimum atomic E-state index is -3.65. The van der Waals surface area contributed by atoms with E-state index in [0.29, 0.717) is 16.8 Å². The van der Waals surface area contributed by atoms with Gasteiger partial charge in [-0.15, -0.1) is 12.4 Å². The number of hydrogen-bond donors (Lipinski definition) is 2. The zero-order valence-corrected chi connectivity index (χ0v) is 15.5. The number of halogens is 1. The number of benzene rings is 2. The largest absolute Gasteiger partial charge is 0.399 e. The molecule has 0 aliphatic heterocycles. The molecule has 1 aliphatic carbocycles. The molecule has 7 heteroatoms. The molecule has 5 nitrogen and oxygen atoms in total. The van der Waals surface area contributed by atoms with Crippen LogP contribution in [0, 0.1) is 18.3 Å². The third-order valence-electron chi connectivity index (χ3n) is 4.41. The molecule has 0 fully saturated rings. The maximum Gasteiger partial charge on any atom is 0.241 e. The van der Waals surface area contributed by atoms with Crippen LogP contribution in [0.3, 0.4) is 0 Å². The molecule has 25 heavy (non-hydrogen) atoms. The van der Waals surface area contributed by atoms with Crippen molar-refractivity contribution in [2.45, 2.75) is 37.1 Å². The zero-order valence-electron chi connectivity index (χ0n) is 13.8. The fourth-order valence-electron chi connectivity index (χ4n) is 3.14. The number of hydrogen-bond acceptors (Lipinski definition) is 4. The van der Waals surface area contributed by atoms with Gasteiger partial charge in [0, 0.05) is 11.7 Å². The van der Waals surface area contributed by atoms with Crippen molar-refractivity contribution in [3.05, 3.63) is 58.7 Å². The van der Waals surface area contributed by atoms with E-state index in [1.54, 1.807) is 19.1 Å². The van der Waals surface area contributed by atoms with E-state index in [1.165, 1.54) is 12.1 Å². The summed E-state index contributed by atoms with van der Waals surface area (Å²) in [5.41, 5.74) is 9.74. The van der Waals surface area contributed by atoms with E-state index in [-0.39, 0.29) is 23.3 Å². The Hall–Kier alpha value is -2.07. The van der Waals surface area contributed by atoms with Gasteiger partial charge in [0.25, 0.3) is 0 Å². The topological polar surface area (TPSA) is 96.0 Å². The van der Waals surface area contributed by atoms with Crippen molar-refractivity contribution in [3.63, 3.8) is 0 Å². The Morgan fingerprint density at radius 3 is 2.68 bits per heavy atom. The molecule has 0 spiro atoms. The van der Waals surface area contributed by atoms with Gasteiger partial charge in [-0.1, -0.05) is 6.07 Å². The molecule has 132 valence electrons. The third kappa shape index (κ3) is 3.96. The second kappa shape index (κ2) is 7.44. The van der Waals surface area contributed by atoms with Gasteiger partial charge in [-0.2, -0.15) is 5.26 Å². The second-order valence-corrected chi connectivity index (χ2v) is 7.83. The van der Waals surface area contributed by atoms with Crippen LogP contribution in [-0.2, 0) is 16.4 Å². The Labute approximate surface area is 154 Å². The second-order valence-electron chi connectivity index (χ2n) is 6.11. The molecule has 0 radical (unpaired) electrons. The summed E-state index contributed by atoms with van der Waals surface area (Å²) in [6.07, 6.45) is 2.58. The van der Waals surface area contributed by atoms with Crippen LogP contribution < -0.4 is 10.5 Å². The van der Waals surface area contributed by atoms with Crippen molar-refractivity contribution >= 4 is 28.1 Å². The average molecular weight is 378 g/mol. The number of nitrogens with one attached hydrogen (secondary N) is 1. The van der Waals surface area contributed by atoms with Crippen LogP contribution >= 0.6 is 12.4 Å². The van der Waals surface area contributed by atoms with Crippen LogP contribution in [0.25, 0.3) is 0 Å². The maximum absolute atomic E-state index is 12.7. The molecule has 0 heterocycles. The molecule has 0 saturated carbocycles. The first-order chi connectivity index (χ1) is 11.4. The van der Waals surface area contributed by atoms with E-state index >= 15 is 0 Å². The lowest BCUT2D eigenvalue weighted by Crippen LogP contribution is -2.31. The van der Waals surface area contributed by atoms with Crippen molar-refractivity contribution in [2.75, 3.05) is 5.73 Å². The predicted molar refractivity (Wildman–Crippen MR) is 100.0 cm³/mol. The first-order valence-corrected chi connectivity index (χ1v) is 9.30. The lowest BCUT2D eigenvalue weighted by atomic mass is 9.88. The van der Waals surface area contributed by atoms with Gasteiger partial charge in [0.1, 0.15) is 0 Å². The maximum atomic E-state index is 12.7. The van der Waals surface area contributed by atoms with Crippen molar-refractivity contribution in [3.8, 4) is 6.07 Å². The van der Waals surface area contributed by atoms with Gasteiger partial charge in [0.05, 0.1) is 16.5 Å². The van der Waals surface area contributed by atoms with E-state index in [2.05, 4.69) is 4.72 Å². The van der Waals surface area contributed by atoms with Crippen LogP contribution in [0.5, 0.6) is 0 Å². The quantitative estimate of drug-likeness (QED) is 0.802. The number of nitrogens with two attached hydrogens (primary N) is 1. The van der Waals surface area contributed by atoms with Gasteiger partial charge in [-0.05, 0) is 73.2 Å². The Balaban J connectivity index is 0.00000225. The summed E-state index contributed by atoms with van der Waals surface area (Å²) in [5.74, 6) is 0. The van der Waals surface area contributed by atoms with Gasteiger partial charge in [0.15, 0.2) is 0 Å². The number of anilines is 1. The Morgan fingerprint density at radius 1 is 1.24 bits per heavy atom. The average Bonchev–Trinajstić information content (AvgIpc) is 2.54. The molecule has 2 aromatic carbocycles. The number of aryl methyl sites for hydroxylation is 2.